The number of halogens is 1. The normalized spacial score (nSPS) is 10.8. The molecule has 3 aromatic rings. The van der Waals surface area contributed by atoms with E-state index in [1.807, 2.05) is 25.1 Å². The summed E-state index contributed by atoms with van der Waals surface area (Å²) in [6.07, 6.45) is 1.53. The van der Waals surface area contributed by atoms with Gasteiger partial charge in [-0.3, -0.25) is 0 Å². The molecule has 0 radical (unpaired) electrons. The van der Waals surface area contributed by atoms with Gasteiger partial charge in [0.25, 0.3) is 5.88 Å². The minimum absolute atomic E-state index is 0.129. The topological polar surface area (TPSA) is 89.7 Å². The van der Waals surface area contributed by atoms with E-state index in [1.54, 1.807) is 0 Å². The maximum Gasteiger partial charge on any atom is 0.250 e. The molecule has 0 aliphatic rings. The van der Waals surface area contributed by atoms with Gasteiger partial charge in [0, 0.05) is 4.47 Å². The number of H-pyrrole nitrogens is 1. The number of aromatic nitrogens is 4. The average molecular weight is 320 g/mol. The van der Waals surface area contributed by atoms with Gasteiger partial charge in [-0.25, -0.2) is 4.98 Å². The number of nitrogens with two attached hydrogens (primary N) is 1. The van der Waals surface area contributed by atoms with Crippen LogP contribution in [-0.4, -0.2) is 19.9 Å². The number of fused-ring (bicyclic) bond motifs is 1. The zero-order chi connectivity index (χ0) is 13.4. The summed E-state index contributed by atoms with van der Waals surface area (Å²) in [7, 11) is 0. The summed E-state index contributed by atoms with van der Waals surface area (Å²) in [5.41, 5.74) is 7.73. The van der Waals surface area contributed by atoms with Gasteiger partial charge in [-0.1, -0.05) is 15.9 Å². The summed E-state index contributed by atoms with van der Waals surface area (Å²) in [4.78, 5) is 15.1. The molecule has 0 bridgehead atoms. The van der Waals surface area contributed by atoms with Crippen molar-refractivity contribution >= 4 is 33.0 Å². The number of rotatable bonds is 2. The zero-order valence-electron chi connectivity index (χ0n) is 10.0. The summed E-state index contributed by atoms with van der Waals surface area (Å²) in [6, 6.07) is 5.72. The van der Waals surface area contributed by atoms with Crippen LogP contribution in [0.1, 0.15) is 5.56 Å². The molecule has 2 heterocycles. The highest BCUT2D eigenvalue weighted by molar-refractivity contribution is 9.10. The highest BCUT2D eigenvalue weighted by Gasteiger charge is 2.11. The van der Waals surface area contributed by atoms with Gasteiger partial charge in [0.15, 0.2) is 5.65 Å². The number of hydrogen-bond donors (Lipinski definition) is 2. The van der Waals surface area contributed by atoms with Crippen molar-refractivity contribution in [1.82, 2.24) is 19.9 Å². The predicted octanol–water partition coefficient (Wildman–Crippen LogP) is 2.80. The number of benzene rings is 1. The molecule has 7 heteroatoms. The predicted molar refractivity (Wildman–Crippen MR) is 75.0 cm³/mol. The number of ether oxygens (including phenoxy) is 1. The zero-order valence-corrected chi connectivity index (χ0v) is 11.6. The van der Waals surface area contributed by atoms with Gasteiger partial charge in [0.05, 0.1) is 6.33 Å². The Morgan fingerprint density at radius 1 is 1.32 bits per heavy atom. The third-order valence-electron chi connectivity index (χ3n) is 2.61. The minimum Gasteiger partial charge on any atom is -0.437 e. The van der Waals surface area contributed by atoms with Crippen LogP contribution in [0.3, 0.4) is 0 Å². The molecule has 0 saturated carbocycles. The number of imidazole rings is 1. The highest BCUT2D eigenvalue weighted by atomic mass is 79.9. The van der Waals surface area contributed by atoms with Crippen LogP contribution in [0.15, 0.2) is 29.0 Å². The summed E-state index contributed by atoms with van der Waals surface area (Å²) in [5, 5.41) is 0. The maximum atomic E-state index is 5.79. The van der Waals surface area contributed by atoms with Crippen molar-refractivity contribution in [2.45, 2.75) is 6.92 Å². The van der Waals surface area contributed by atoms with Crippen molar-refractivity contribution < 1.29 is 4.74 Å². The van der Waals surface area contributed by atoms with Crippen LogP contribution >= 0.6 is 15.9 Å². The molecule has 19 heavy (non-hydrogen) atoms. The Morgan fingerprint density at radius 2 is 2.16 bits per heavy atom. The Labute approximate surface area is 117 Å². The Kier molecular flexibility index (Phi) is 2.83. The fourth-order valence-electron chi connectivity index (χ4n) is 1.73. The van der Waals surface area contributed by atoms with Crippen molar-refractivity contribution in [2.24, 2.45) is 0 Å². The van der Waals surface area contributed by atoms with E-state index in [-0.39, 0.29) is 5.95 Å². The lowest BCUT2D eigenvalue weighted by Gasteiger charge is -2.08. The lowest BCUT2D eigenvalue weighted by atomic mass is 10.2. The number of nitrogens with zero attached hydrogens (tertiary/aromatic N) is 3. The van der Waals surface area contributed by atoms with Crippen molar-refractivity contribution in [3.05, 3.63) is 34.6 Å². The molecule has 0 saturated heterocycles. The number of aryl methyl sites for hydroxylation is 1. The van der Waals surface area contributed by atoms with Crippen LogP contribution in [0.5, 0.6) is 11.6 Å². The van der Waals surface area contributed by atoms with E-state index in [9.17, 15) is 0 Å². The fourth-order valence-corrected chi connectivity index (χ4v) is 2.20. The van der Waals surface area contributed by atoms with E-state index >= 15 is 0 Å². The second-order valence-corrected chi connectivity index (χ2v) is 4.92. The lowest BCUT2D eigenvalue weighted by molar-refractivity contribution is 0.464. The number of aromatic amines is 1. The van der Waals surface area contributed by atoms with Crippen LogP contribution < -0.4 is 10.5 Å². The molecule has 0 spiro atoms. The standard InChI is InChI=1S/C12H10BrN5O/c1-6-4-7(13)2-3-8(6)19-11-9-10(16-5-15-9)17-12(14)18-11/h2-5H,1H3,(H3,14,15,16,17,18). The van der Waals surface area contributed by atoms with Crippen LogP contribution in [0.2, 0.25) is 0 Å². The molecule has 0 aliphatic carbocycles. The Hall–Kier alpha value is -2.15. The van der Waals surface area contributed by atoms with E-state index < -0.39 is 0 Å². The van der Waals surface area contributed by atoms with Crippen LogP contribution in [-0.2, 0) is 0 Å². The van der Waals surface area contributed by atoms with E-state index in [1.165, 1.54) is 6.33 Å². The van der Waals surface area contributed by atoms with Gasteiger partial charge < -0.3 is 15.5 Å². The van der Waals surface area contributed by atoms with E-state index in [0.29, 0.717) is 22.8 Å². The molecular weight excluding hydrogens is 310 g/mol. The van der Waals surface area contributed by atoms with Crippen molar-refractivity contribution in [3.8, 4) is 11.6 Å². The molecule has 0 fully saturated rings. The van der Waals surface area contributed by atoms with Gasteiger partial charge in [-0.2, -0.15) is 9.97 Å². The largest absolute Gasteiger partial charge is 0.437 e. The molecule has 2 aromatic heterocycles. The number of anilines is 1. The fraction of sp³-hybridized carbons (Fsp3) is 0.0833. The number of nitrogen functional groups attached to an aromatic ring is 1. The van der Waals surface area contributed by atoms with Crippen LogP contribution in [0.4, 0.5) is 5.95 Å². The third kappa shape index (κ3) is 2.24. The molecule has 1 aromatic carbocycles. The van der Waals surface area contributed by atoms with Gasteiger partial charge in [-0.05, 0) is 30.7 Å². The molecule has 0 unspecified atom stereocenters. The first-order valence-electron chi connectivity index (χ1n) is 5.54. The smallest absolute Gasteiger partial charge is 0.250 e. The first-order chi connectivity index (χ1) is 9.13. The minimum atomic E-state index is 0.129. The molecular formula is C12H10BrN5O. The number of hydrogen-bond acceptors (Lipinski definition) is 5. The third-order valence-corrected chi connectivity index (χ3v) is 3.11. The molecule has 3 N–H and O–H groups in total. The Bertz CT molecular complexity index is 755. The SMILES string of the molecule is Cc1cc(Br)ccc1Oc1nc(N)nc2nc[nH]c12. The summed E-state index contributed by atoms with van der Waals surface area (Å²) >= 11 is 3.41. The van der Waals surface area contributed by atoms with Crippen molar-refractivity contribution in [1.29, 1.82) is 0 Å². The number of nitrogens with one attached hydrogen (secondary N) is 1. The van der Waals surface area contributed by atoms with E-state index in [2.05, 4.69) is 35.9 Å². The molecule has 6 nitrogen and oxygen atoms in total. The maximum absolute atomic E-state index is 5.79. The molecule has 0 aliphatic heterocycles. The van der Waals surface area contributed by atoms with Gasteiger partial charge in [0.1, 0.15) is 11.3 Å². The molecule has 3 rings (SSSR count). The van der Waals surface area contributed by atoms with E-state index in [4.69, 9.17) is 10.5 Å². The van der Waals surface area contributed by atoms with Crippen LogP contribution in [0.25, 0.3) is 11.2 Å². The second kappa shape index (κ2) is 4.51. The second-order valence-electron chi connectivity index (χ2n) is 4.00. The van der Waals surface area contributed by atoms with Crippen LogP contribution in [0, 0.1) is 6.92 Å². The quantitative estimate of drug-likeness (QED) is 0.758. The van der Waals surface area contributed by atoms with Gasteiger partial charge >= 0.3 is 0 Å². The highest BCUT2D eigenvalue weighted by Crippen LogP contribution is 2.29. The van der Waals surface area contributed by atoms with Gasteiger partial charge in [-0.15, -0.1) is 0 Å². The summed E-state index contributed by atoms with van der Waals surface area (Å²) < 4.78 is 6.79. The first kappa shape index (κ1) is 11.9. The van der Waals surface area contributed by atoms with E-state index in [0.717, 1.165) is 10.0 Å². The van der Waals surface area contributed by atoms with Crippen molar-refractivity contribution in [3.63, 3.8) is 0 Å². The Balaban J connectivity index is 2.07. The first-order valence-corrected chi connectivity index (χ1v) is 6.33. The Morgan fingerprint density at radius 3 is 2.95 bits per heavy atom. The molecule has 0 amide bonds. The lowest BCUT2D eigenvalue weighted by Crippen LogP contribution is -1.99. The molecule has 96 valence electrons. The average Bonchev–Trinajstić information content (AvgIpc) is 2.80. The van der Waals surface area contributed by atoms with Gasteiger partial charge in [0.2, 0.25) is 5.95 Å². The monoisotopic (exact) mass is 319 g/mol. The molecule has 0 atom stereocenters. The summed E-state index contributed by atoms with van der Waals surface area (Å²) in [6.45, 7) is 1.95. The van der Waals surface area contributed by atoms with Crippen molar-refractivity contribution in [2.75, 3.05) is 5.73 Å². The summed E-state index contributed by atoms with van der Waals surface area (Å²) in [5.74, 6) is 1.20.